The molecule has 1 aromatic heterocycles. The van der Waals surface area contributed by atoms with Gasteiger partial charge in [-0.05, 0) is 23.4 Å². The van der Waals surface area contributed by atoms with Gasteiger partial charge in [0.05, 0.1) is 7.11 Å². The van der Waals surface area contributed by atoms with E-state index < -0.39 is 0 Å². The maximum atomic E-state index is 11.2. The second-order valence-corrected chi connectivity index (χ2v) is 3.47. The number of carbonyl (C=O) groups is 2. The lowest BCUT2D eigenvalue weighted by Crippen LogP contribution is -2.03. The Kier molecular flexibility index (Phi) is 3.19. The van der Waals surface area contributed by atoms with Gasteiger partial charge in [-0.1, -0.05) is 0 Å². The first-order valence-corrected chi connectivity index (χ1v) is 4.67. The van der Waals surface area contributed by atoms with Crippen molar-refractivity contribution in [3.63, 3.8) is 0 Å². The maximum absolute atomic E-state index is 11.2. The third kappa shape index (κ3) is 1.95. The molecular weight excluding hydrogens is 188 g/mol. The summed E-state index contributed by atoms with van der Waals surface area (Å²) in [5.41, 5.74) is 1.75. The van der Waals surface area contributed by atoms with E-state index in [4.69, 9.17) is 0 Å². The molecule has 0 unspecified atom stereocenters. The fourth-order valence-corrected chi connectivity index (χ4v) is 2.07. The number of rotatable bonds is 3. The average molecular weight is 198 g/mol. The second kappa shape index (κ2) is 4.18. The Morgan fingerprint density at radius 1 is 1.69 bits per heavy atom. The van der Waals surface area contributed by atoms with Crippen molar-refractivity contribution < 1.29 is 14.3 Å². The van der Waals surface area contributed by atoms with E-state index in [-0.39, 0.29) is 12.4 Å². The third-order valence-corrected chi connectivity index (χ3v) is 2.88. The number of hydrogen-bond donors (Lipinski definition) is 0. The average Bonchev–Trinajstić information content (AvgIpc) is 2.48. The van der Waals surface area contributed by atoms with Gasteiger partial charge < -0.3 is 9.53 Å². The van der Waals surface area contributed by atoms with E-state index in [1.54, 1.807) is 0 Å². The number of ether oxygens (including phenoxy) is 1. The highest BCUT2D eigenvalue weighted by molar-refractivity contribution is 7.12. The molecule has 0 aliphatic heterocycles. The number of methoxy groups -OCH3 is 1. The van der Waals surface area contributed by atoms with E-state index >= 15 is 0 Å². The standard InChI is InChI=1S/C9H10O3S/c1-6-5-13-8(9(11)12-2)7(6)3-4-10/h4-5H,3H2,1-2H3. The molecule has 0 saturated heterocycles. The first kappa shape index (κ1) is 9.92. The highest BCUT2D eigenvalue weighted by Crippen LogP contribution is 2.22. The molecule has 0 amide bonds. The van der Waals surface area contributed by atoms with Crippen molar-refractivity contribution in [1.29, 1.82) is 0 Å². The first-order valence-electron chi connectivity index (χ1n) is 3.79. The third-order valence-electron chi connectivity index (χ3n) is 1.76. The molecule has 13 heavy (non-hydrogen) atoms. The molecule has 1 heterocycles. The number of carbonyl (C=O) groups excluding carboxylic acids is 2. The fraction of sp³-hybridized carbons (Fsp3) is 0.333. The van der Waals surface area contributed by atoms with Crippen molar-refractivity contribution in [3.8, 4) is 0 Å². The lowest BCUT2D eigenvalue weighted by atomic mass is 10.1. The SMILES string of the molecule is COC(=O)c1scc(C)c1CC=O. The molecule has 1 rings (SSSR count). The Labute approximate surface area is 80.3 Å². The maximum Gasteiger partial charge on any atom is 0.348 e. The zero-order valence-corrected chi connectivity index (χ0v) is 8.31. The van der Waals surface area contributed by atoms with E-state index in [0.29, 0.717) is 4.88 Å². The smallest absolute Gasteiger partial charge is 0.348 e. The summed E-state index contributed by atoms with van der Waals surface area (Å²) in [7, 11) is 1.34. The van der Waals surface area contributed by atoms with Crippen LogP contribution >= 0.6 is 11.3 Å². The van der Waals surface area contributed by atoms with Crippen molar-refractivity contribution in [1.82, 2.24) is 0 Å². The van der Waals surface area contributed by atoms with Gasteiger partial charge in [0, 0.05) is 6.42 Å². The quantitative estimate of drug-likeness (QED) is 0.547. The Balaban J connectivity index is 3.06. The molecule has 3 nitrogen and oxygen atoms in total. The van der Waals surface area contributed by atoms with Gasteiger partial charge in [0.1, 0.15) is 11.2 Å². The van der Waals surface area contributed by atoms with Crippen LogP contribution in [-0.4, -0.2) is 19.4 Å². The molecule has 0 saturated carbocycles. The summed E-state index contributed by atoms with van der Waals surface area (Å²) in [5, 5.41) is 1.85. The number of thiophene rings is 1. The molecule has 0 bridgehead atoms. The van der Waals surface area contributed by atoms with Crippen LogP contribution in [0.5, 0.6) is 0 Å². The summed E-state index contributed by atoms with van der Waals surface area (Å²) in [5.74, 6) is -0.366. The van der Waals surface area contributed by atoms with Crippen molar-refractivity contribution in [2.24, 2.45) is 0 Å². The van der Waals surface area contributed by atoms with Crippen molar-refractivity contribution in [2.45, 2.75) is 13.3 Å². The topological polar surface area (TPSA) is 43.4 Å². The minimum atomic E-state index is -0.366. The lowest BCUT2D eigenvalue weighted by molar-refractivity contribution is -0.107. The molecule has 0 radical (unpaired) electrons. The largest absolute Gasteiger partial charge is 0.465 e. The predicted molar refractivity (Wildman–Crippen MR) is 50.2 cm³/mol. The summed E-state index contributed by atoms with van der Waals surface area (Å²) in [4.78, 5) is 22.1. The molecule has 0 atom stereocenters. The second-order valence-electron chi connectivity index (χ2n) is 2.59. The van der Waals surface area contributed by atoms with E-state index in [1.165, 1.54) is 18.4 Å². The normalized spacial score (nSPS) is 9.69. The number of hydrogen-bond acceptors (Lipinski definition) is 4. The van der Waals surface area contributed by atoms with Crippen LogP contribution in [0.1, 0.15) is 20.8 Å². The molecule has 70 valence electrons. The van der Waals surface area contributed by atoms with Crippen LogP contribution in [0, 0.1) is 6.92 Å². The van der Waals surface area contributed by atoms with Gasteiger partial charge >= 0.3 is 5.97 Å². The number of aryl methyl sites for hydroxylation is 1. The first-order chi connectivity index (χ1) is 6.20. The predicted octanol–water partition coefficient (Wildman–Crippen LogP) is 1.58. The van der Waals surface area contributed by atoms with Gasteiger partial charge in [0.25, 0.3) is 0 Å². The number of esters is 1. The Bertz CT molecular complexity index is 328. The van der Waals surface area contributed by atoms with Crippen LogP contribution in [0.3, 0.4) is 0 Å². The summed E-state index contributed by atoms with van der Waals surface area (Å²) in [6.45, 7) is 1.88. The van der Waals surface area contributed by atoms with Crippen LogP contribution in [0.4, 0.5) is 0 Å². The van der Waals surface area contributed by atoms with Crippen molar-refractivity contribution >= 4 is 23.6 Å². The van der Waals surface area contributed by atoms with Gasteiger partial charge in [-0.25, -0.2) is 4.79 Å². The Morgan fingerprint density at radius 3 is 2.92 bits per heavy atom. The summed E-state index contributed by atoms with van der Waals surface area (Å²) < 4.78 is 4.59. The van der Waals surface area contributed by atoms with Crippen LogP contribution in [0.15, 0.2) is 5.38 Å². The summed E-state index contributed by atoms with van der Waals surface area (Å²) >= 11 is 1.32. The molecule has 4 heteroatoms. The zero-order valence-electron chi connectivity index (χ0n) is 7.49. The minimum absolute atomic E-state index is 0.278. The monoisotopic (exact) mass is 198 g/mol. The highest BCUT2D eigenvalue weighted by atomic mass is 32.1. The molecule has 0 aromatic carbocycles. The van der Waals surface area contributed by atoms with Crippen molar-refractivity contribution in [3.05, 3.63) is 21.4 Å². The Hall–Kier alpha value is -1.16. The number of aldehydes is 1. The fourth-order valence-electron chi connectivity index (χ4n) is 1.07. The molecule has 0 N–H and O–H groups in total. The van der Waals surface area contributed by atoms with Crippen molar-refractivity contribution in [2.75, 3.05) is 7.11 Å². The van der Waals surface area contributed by atoms with E-state index in [2.05, 4.69) is 4.74 Å². The van der Waals surface area contributed by atoms with Crippen LogP contribution in [-0.2, 0) is 16.0 Å². The van der Waals surface area contributed by atoms with Crippen LogP contribution in [0.25, 0.3) is 0 Å². The van der Waals surface area contributed by atoms with Gasteiger partial charge in [-0.2, -0.15) is 0 Å². The van der Waals surface area contributed by atoms with Gasteiger partial charge in [-0.15, -0.1) is 11.3 Å². The highest BCUT2D eigenvalue weighted by Gasteiger charge is 2.15. The molecule has 0 aliphatic rings. The summed E-state index contributed by atoms with van der Waals surface area (Å²) in [6.07, 6.45) is 1.07. The van der Waals surface area contributed by atoms with Gasteiger partial charge in [0.2, 0.25) is 0 Å². The lowest BCUT2D eigenvalue weighted by Gasteiger charge is -1.98. The minimum Gasteiger partial charge on any atom is -0.465 e. The Morgan fingerprint density at radius 2 is 2.38 bits per heavy atom. The summed E-state index contributed by atoms with van der Waals surface area (Å²) in [6, 6.07) is 0. The molecular formula is C9H10O3S. The van der Waals surface area contributed by atoms with E-state index in [9.17, 15) is 9.59 Å². The molecule has 0 spiro atoms. The zero-order chi connectivity index (χ0) is 9.84. The molecule has 1 aromatic rings. The van der Waals surface area contributed by atoms with Gasteiger partial charge in [0.15, 0.2) is 0 Å². The molecule has 0 fully saturated rings. The van der Waals surface area contributed by atoms with E-state index in [1.807, 2.05) is 12.3 Å². The van der Waals surface area contributed by atoms with E-state index in [0.717, 1.165) is 17.4 Å². The van der Waals surface area contributed by atoms with Crippen LogP contribution < -0.4 is 0 Å². The van der Waals surface area contributed by atoms with Gasteiger partial charge in [-0.3, -0.25) is 0 Å². The molecule has 0 aliphatic carbocycles. The van der Waals surface area contributed by atoms with Crippen LogP contribution in [0.2, 0.25) is 0 Å².